The first-order valence-corrected chi connectivity index (χ1v) is 8.49. The van der Waals surface area contributed by atoms with Crippen LogP contribution in [0.25, 0.3) is 11.3 Å². The maximum atomic E-state index is 12.4. The van der Waals surface area contributed by atoms with Crippen LogP contribution in [0.2, 0.25) is 4.34 Å². The van der Waals surface area contributed by atoms with Gasteiger partial charge in [0.2, 0.25) is 0 Å². The van der Waals surface area contributed by atoms with Gasteiger partial charge in [-0.15, -0.1) is 24.5 Å². The van der Waals surface area contributed by atoms with Crippen molar-refractivity contribution in [1.29, 1.82) is 0 Å². The molecule has 136 valence electrons. The molecule has 10 heteroatoms. The van der Waals surface area contributed by atoms with Gasteiger partial charge in [-0.2, -0.15) is 5.10 Å². The van der Waals surface area contributed by atoms with Crippen LogP contribution in [0.15, 0.2) is 41.8 Å². The number of amides is 1. The van der Waals surface area contributed by atoms with E-state index in [0.29, 0.717) is 15.7 Å². The predicted octanol–water partition coefficient (Wildman–Crippen LogP) is 4.62. The van der Waals surface area contributed by atoms with Crippen LogP contribution in [0.1, 0.15) is 16.1 Å². The van der Waals surface area contributed by atoms with E-state index >= 15 is 0 Å². The fourth-order valence-corrected chi connectivity index (χ4v) is 3.06. The maximum absolute atomic E-state index is 12.4. The second kappa shape index (κ2) is 7.38. The third-order valence-electron chi connectivity index (χ3n) is 3.29. The first-order valence-electron chi connectivity index (χ1n) is 7.23. The quantitative estimate of drug-likeness (QED) is 0.655. The second-order valence-electron chi connectivity index (χ2n) is 5.14. The van der Waals surface area contributed by atoms with Gasteiger partial charge in [-0.25, -0.2) is 0 Å². The standard InChI is InChI=1S/C16H11ClF3N3O2S/c17-14-5-9(8-26-14)12-6-10(22-23-12)7-21-15(24)11-3-1-2-4-13(11)25-16(18,19)20/h1-6,8H,7H2,(H,21,24)(H,22,23). The van der Waals surface area contributed by atoms with Gasteiger partial charge in [0.25, 0.3) is 5.91 Å². The van der Waals surface area contributed by atoms with E-state index in [4.69, 9.17) is 11.6 Å². The normalized spacial score (nSPS) is 11.4. The summed E-state index contributed by atoms with van der Waals surface area (Å²) in [6, 6.07) is 8.61. The number of nitrogens with one attached hydrogen (secondary N) is 2. The molecule has 1 amide bonds. The van der Waals surface area contributed by atoms with Crippen molar-refractivity contribution < 1.29 is 22.7 Å². The molecule has 0 spiro atoms. The van der Waals surface area contributed by atoms with Crippen molar-refractivity contribution in [3.8, 4) is 17.0 Å². The smallest absolute Gasteiger partial charge is 0.405 e. The fourth-order valence-electron chi connectivity index (χ4n) is 2.18. The first kappa shape index (κ1) is 18.3. The summed E-state index contributed by atoms with van der Waals surface area (Å²) in [5, 5.41) is 11.2. The molecule has 1 aromatic carbocycles. The third-order valence-corrected chi connectivity index (χ3v) is 4.38. The molecule has 0 radical (unpaired) electrons. The summed E-state index contributed by atoms with van der Waals surface area (Å²) in [7, 11) is 0. The Labute approximate surface area is 154 Å². The summed E-state index contributed by atoms with van der Waals surface area (Å²) >= 11 is 7.25. The van der Waals surface area contributed by atoms with Crippen molar-refractivity contribution >= 4 is 28.8 Å². The Morgan fingerprint density at radius 2 is 2.08 bits per heavy atom. The van der Waals surface area contributed by atoms with Gasteiger partial charge < -0.3 is 10.1 Å². The molecule has 0 saturated carbocycles. The Kier molecular flexibility index (Phi) is 5.19. The SMILES string of the molecule is O=C(NCc1cc(-c2csc(Cl)c2)n[nH]1)c1ccccc1OC(F)(F)F. The molecule has 2 N–H and O–H groups in total. The number of H-pyrrole nitrogens is 1. The van der Waals surface area contributed by atoms with Crippen LogP contribution in [0.5, 0.6) is 5.75 Å². The van der Waals surface area contributed by atoms with Crippen molar-refractivity contribution in [2.75, 3.05) is 0 Å². The molecule has 3 aromatic rings. The minimum absolute atomic E-state index is 0.0596. The van der Waals surface area contributed by atoms with Gasteiger partial charge in [-0.05, 0) is 24.3 Å². The number of carbonyl (C=O) groups is 1. The van der Waals surface area contributed by atoms with E-state index in [9.17, 15) is 18.0 Å². The summed E-state index contributed by atoms with van der Waals surface area (Å²) in [5.74, 6) is -1.25. The molecular weight excluding hydrogens is 391 g/mol. The molecule has 0 unspecified atom stereocenters. The summed E-state index contributed by atoms with van der Waals surface area (Å²) in [6.45, 7) is 0.0596. The molecule has 0 atom stereocenters. The minimum atomic E-state index is -4.88. The molecule has 0 aliphatic heterocycles. The lowest BCUT2D eigenvalue weighted by molar-refractivity contribution is -0.274. The molecule has 2 heterocycles. The van der Waals surface area contributed by atoms with Crippen LogP contribution in [-0.4, -0.2) is 22.5 Å². The average Bonchev–Trinajstić information content (AvgIpc) is 3.20. The number of ether oxygens (including phenoxy) is 1. The molecule has 0 aliphatic rings. The predicted molar refractivity (Wildman–Crippen MR) is 91.2 cm³/mol. The first-order chi connectivity index (χ1) is 12.3. The number of rotatable bonds is 5. The van der Waals surface area contributed by atoms with E-state index in [0.717, 1.165) is 11.6 Å². The van der Waals surface area contributed by atoms with Gasteiger partial charge in [0.1, 0.15) is 5.75 Å². The van der Waals surface area contributed by atoms with Gasteiger partial charge in [-0.1, -0.05) is 23.7 Å². The average molecular weight is 402 g/mol. The van der Waals surface area contributed by atoms with Crippen LogP contribution >= 0.6 is 22.9 Å². The summed E-state index contributed by atoms with van der Waals surface area (Å²) in [4.78, 5) is 12.2. The Bertz CT molecular complexity index is 923. The zero-order valence-corrected chi connectivity index (χ0v) is 14.5. The number of halogens is 4. The number of aromatic amines is 1. The highest BCUT2D eigenvalue weighted by atomic mass is 35.5. The highest BCUT2D eigenvalue weighted by Gasteiger charge is 2.32. The van der Waals surface area contributed by atoms with Crippen LogP contribution < -0.4 is 10.1 Å². The molecular formula is C16H11ClF3N3O2S. The highest BCUT2D eigenvalue weighted by molar-refractivity contribution is 7.14. The van der Waals surface area contributed by atoms with Gasteiger partial charge in [0.05, 0.1) is 27.8 Å². The molecule has 0 bridgehead atoms. The molecule has 5 nitrogen and oxygen atoms in total. The lowest BCUT2D eigenvalue weighted by atomic mass is 10.2. The van der Waals surface area contributed by atoms with Crippen LogP contribution in [-0.2, 0) is 6.54 Å². The molecule has 0 saturated heterocycles. The Morgan fingerprint density at radius 3 is 2.77 bits per heavy atom. The summed E-state index contributed by atoms with van der Waals surface area (Å²) < 4.78 is 41.8. The largest absolute Gasteiger partial charge is 0.573 e. The van der Waals surface area contributed by atoms with Gasteiger partial charge in [0, 0.05) is 10.9 Å². The number of thiophene rings is 1. The maximum Gasteiger partial charge on any atom is 0.573 e. The van der Waals surface area contributed by atoms with Crippen molar-refractivity contribution in [2.24, 2.45) is 0 Å². The zero-order chi connectivity index (χ0) is 18.7. The molecule has 3 rings (SSSR count). The number of aromatic nitrogens is 2. The second-order valence-corrected chi connectivity index (χ2v) is 6.69. The lowest BCUT2D eigenvalue weighted by Gasteiger charge is -2.12. The van der Waals surface area contributed by atoms with E-state index in [1.54, 1.807) is 12.1 Å². The van der Waals surface area contributed by atoms with Gasteiger partial charge >= 0.3 is 6.36 Å². The Hall–Kier alpha value is -2.52. The molecule has 0 fully saturated rings. The number of para-hydroxylation sites is 1. The van der Waals surface area contributed by atoms with Crippen molar-refractivity contribution in [3.63, 3.8) is 0 Å². The van der Waals surface area contributed by atoms with E-state index < -0.39 is 18.0 Å². The topological polar surface area (TPSA) is 67.0 Å². The molecule has 2 aromatic heterocycles. The number of nitrogens with zero attached hydrogens (tertiary/aromatic N) is 1. The van der Waals surface area contributed by atoms with Crippen molar-refractivity contribution in [1.82, 2.24) is 15.5 Å². The number of alkyl halides is 3. The van der Waals surface area contributed by atoms with E-state index in [-0.39, 0.29) is 12.1 Å². The lowest BCUT2D eigenvalue weighted by Crippen LogP contribution is -2.25. The van der Waals surface area contributed by atoms with E-state index in [1.165, 1.54) is 29.5 Å². The van der Waals surface area contributed by atoms with E-state index in [2.05, 4.69) is 20.3 Å². The summed E-state index contributed by atoms with van der Waals surface area (Å²) in [6.07, 6.45) is -4.88. The minimum Gasteiger partial charge on any atom is -0.405 e. The Morgan fingerprint density at radius 1 is 1.31 bits per heavy atom. The number of hydrogen-bond acceptors (Lipinski definition) is 4. The highest BCUT2D eigenvalue weighted by Crippen LogP contribution is 2.28. The van der Waals surface area contributed by atoms with Crippen LogP contribution in [0, 0.1) is 0 Å². The van der Waals surface area contributed by atoms with Gasteiger partial charge in [-0.3, -0.25) is 9.89 Å². The zero-order valence-electron chi connectivity index (χ0n) is 12.9. The summed E-state index contributed by atoms with van der Waals surface area (Å²) in [5.41, 5.74) is 1.86. The Balaban J connectivity index is 1.67. The number of hydrogen-bond donors (Lipinski definition) is 2. The fraction of sp³-hybridized carbons (Fsp3) is 0.125. The molecule has 26 heavy (non-hydrogen) atoms. The molecule has 0 aliphatic carbocycles. The van der Waals surface area contributed by atoms with Gasteiger partial charge in [0.15, 0.2) is 0 Å². The number of carbonyl (C=O) groups excluding carboxylic acids is 1. The third kappa shape index (κ3) is 4.55. The number of benzene rings is 1. The van der Waals surface area contributed by atoms with Crippen LogP contribution in [0.3, 0.4) is 0 Å². The van der Waals surface area contributed by atoms with Crippen molar-refractivity contribution in [3.05, 3.63) is 57.4 Å². The van der Waals surface area contributed by atoms with E-state index in [1.807, 2.05) is 5.38 Å². The van der Waals surface area contributed by atoms with Crippen LogP contribution in [0.4, 0.5) is 13.2 Å². The monoisotopic (exact) mass is 401 g/mol. The van der Waals surface area contributed by atoms with Crippen molar-refractivity contribution in [2.45, 2.75) is 12.9 Å².